The molecule has 2 aromatic heterocycles. The van der Waals surface area contributed by atoms with Crippen LogP contribution in [0.15, 0.2) is 47.8 Å². The molecule has 1 aliphatic heterocycles. The van der Waals surface area contributed by atoms with Crippen LogP contribution in [0.1, 0.15) is 51.1 Å². The van der Waals surface area contributed by atoms with E-state index in [-0.39, 0.29) is 11.9 Å². The van der Waals surface area contributed by atoms with E-state index < -0.39 is 0 Å². The molecule has 0 radical (unpaired) electrons. The number of aryl methyl sites for hydroxylation is 1. The number of carbonyl (C=O) groups is 1. The van der Waals surface area contributed by atoms with Crippen molar-refractivity contribution < 1.29 is 9.53 Å². The monoisotopic (exact) mass is 394 g/mol. The van der Waals surface area contributed by atoms with E-state index in [2.05, 4.69) is 48.1 Å². The van der Waals surface area contributed by atoms with Crippen LogP contribution >= 0.6 is 11.3 Å². The van der Waals surface area contributed by atoms with Gasteiger partial charge in [0.05, 0.1) is 25.3 Å². The number of hydrogen-bond acceptors (Lipinski definition) is 3. The zero-order valence-corrected chi connectivity index (χ0v) is 17.5. The number of benzene rings is 1. The van der Waals surface area contributed by atoms with Gasteiger partial charge in [0, 0.05) is 22.8 Å². The molecule has 146 valence electrons. The Morgan fingerprint density at radius 1 is 1.21 bits per heavy atom. The summed E-state index contributed by atoms with van der Waals surface area (Å²) >= 11 is 1.75. The highest BCUT2D eigenvalue weighted by atomic mass is 32.1. The van der Waals surface area contributed by atoms with Gasteiger partial charge in [0.15, 0.2) is 0 Å². The lowest BCUT2D eigenvalue weighted by molar-refractivity contribution is 0.0734. The zero-order valence-electron chi connectivity index (χ0n) is 16.6. The van der Waals surface area contributed by atoms with Crippen LogP contribution in [0.25, 0.3) is 0 Å². The molecular weight excluding hydrogens is 368 g/mol. The molecule has 3 aromatic rings. The van der Waals surface area contributed by atoms with Gasteiger partial charge in [-0.1, -0.05) is 18.2 Å². The first-order valence-corrected chi connectivity index (χ1v) is 10.6. The molecule has 1 saturated heterocycles. The van der Waals surface area contributed by atoms with Crippen molar-refractivity contribution in [2.75, 3.05) is 13.7 Å². The second-order valence-electron chi connectivity index (χ2n) is 7.38. The van der Waals surface area contributed by atoms with Gasteiger partial charge < -0.3 is 14.2 Å². The highest BCUT2D eigenvalue weighted by Gasteiger charge is 2.32. The van der Waals surface area contributed by atoms with Gasteiger partial charge in [-0.25, -0.2) is 0 Å². The molecule has 0 bridgehead atoms. The van der Waals surface area contributed by atoms with Gasteiger partial charge in [-0.2, -0.15) is 0 Å². The maximum Gasteiger partial charge on any atom is 0.256 e. The Bertz CT molecular complexity index is 975. The number of thiophene rings is 1. The van der Waals surface area contributed by atoms with E-state index in [1.807, 2.05) is 23.1 Å². The van der Waals surface area contributed by atoms with Crippen molar-refractivity contribution in [1.82, 2.24) is 9.47 Å². The van der Waals surface area contributed by atoms with E-state index in [1.54, 1.807) is 18.4 Å². The Kier molecular flexibility index (Phi) is 5.27. The highest BCUT2D eigenvalue weighted by Crippen LogP contribution is 2.35. The molecule has 1 fully saturated rings. The SMILES string of the molecule is COc1cccc(C2CCCN2C(=O)c2cc(C)n(Cc3cccs3)c2C)c1. The minimum atomic E-state index is 0.114. The fourth-order valence-electron chi connectivity index (χ4n) is 4.18. The molecule has 1 atom stereocenters. The highest BCUT2D eigenvalue weighted by molar-refractivity contribution is 7.09. The summed E-state index contributed by atoms with van der Waals surface area (Å²) in [5.41, 5.74) is 4.15. The molecule has 3 heterocycles. The number of hydrogen-bond donors (Lipinski definition) is 0. The van der Waals surface area contributed by atoms with Crippen molar-refractivity contribution in [3.63, 3.8) is 0 Å². The summed E-state index contributed by atoms with van der Waals surface area (Å²) < 4.78 is 7.62. The Morgan fingerprint density at radius 3 is 2.82 bits per heavy atom. The number of ether oxygens (including phenoxy) is 1. The minimum absolute atomic E-state index is 0.114. The van der Waals surface area contributed by atoms with Crippen LogP contribution < -0.4 is 4.74 Å². The average molecular weight is 395 g/mol. The number of amides is 1. The summed E-state index contributed by atoms with van der Waals surface area (Å²) in [4.78, 5) is 16.8. The van der Waals surface area contributed by atoms with E-state index in [0.29, 0.717) is 0 Å². The van der Waals surface area contributed by atoms with Crippen LogP contribution in [0.3, 0.4) is 0 Å². The van der Waals surface area contributed by atoms with E-state index >= 15 is 0 Å². The largest absolute Gasteiger partial charge is 0.497 e. The summed E-state index contributed by atoms with van der Waals surface area (Å²) in [7, 11) is 1.68. The van der Waals surface area contributed by atoms with Gasteiger partial charge in [-0.15, -0.1) is 11.3 Å². The van der Waals surface area contributed by atoms with Crippen LogP contribution in [0.2, 0.25) is 0 Å². The molecule has 0 saturated carbocycles. The fourth-order valence-corrected chi connectivity index (χ4v) is 4.87. The Balaban J connectivity index is 1.61. The van der Waals surface area contributed by atoms with Crippen LogP contribution in [-0.4, -0.2) is 29.0 Å². The maximum absolute atomic E-state index is 13.5. The third-order valence-electron chi connectivity index (χ3n) is 5.69. The Hall–Kier alpha value is -2.53. The first kappa shape index (κ1) is 18.8. The van der Waals surface area contributed by atoms with Gasteiger partial charge in [0.2, 0.25) is 0 Å². The molecule has 1 aliphatic rings. The second kappa shape index (κ2) is 7.84. The number of carbonyl (C=O) groups excluding carboxylic acids is 1. The van der Waals surface area contributed by atoms with Crippen molar-refractivity contribution in [3.8, 4) is 5.75 Å². The zero-order chi connectivity index (χ0) is 19.7. The van der Waals surface area contributed by atoms with Crippen LogP contribution in [-0.2, 0) is 6.54 Å². The van der Waals surface area contributed by atoms with E-state index in [9.17, 15) is 4.79 Å². The molecule has 0 N–H and O–H groups in total. The van der Waals surface area contributed by atoms with E-state index in [1.165, 1.54) is 4.88 Å². The van der Waals surface area contributed by atoms with Gasteiger partial charge in [-0.05, 0) is 61.9 Å². The number of likely N-dealkylation sites (tertiary alicyclic amines) is 1. The van der Waals surface area contributed by atoms with Crippen molar-refractivity contribution in [3.05, 3.63) is 75.2 Å². The van der Waals surface area contributed by atoms with Crippen molar-refractivity contribution >= 4 is 17.2 Å². The number of aromatic nitrogens is 1. The molecule has 1 aromatic carbocycles. The molecule has 4 rings (SSSR count). The van der Waals surface area contributed by atoms with Gasteiger partial charge >= 0.3 is 0 Å². The van der Waals surface area contributed by atoms with Gasteiger partial charge in [0.25, 0.3) is 5.91 Å². The lowest BCUT2D eigenvalue weighted by atomic mass is 10.0. The van der Waals surface area contributed by atoms with Gasteiger partial charge in [0.1, 0.15) is 5.75 Å². The Labute approximate surface area is 170 Å². The van der Waals surface area contributed by atoms with E-state index in [4.69, 9.17) is 4.74 Å². The number of methoxy groups -OCH3 is 1. The standard InChI is InChI=1S/C23H26N2O2S/c1-16-13-21(17(2)25(16)15-20-9-6-12-28-20)23(26)24-11-5-10-22(24)18-7-4-8-19(14-18)27-3/h4,6-9,12-14,22H,5,10-11,15H2,1-3H3. The fraction of sp³-hybridized carbons (Fsp3) is 0.348. The lowest BCUT2D eigenvalue weighted by Crippen LogP contribution is -2.31. The lowest BCUT2D eigenvalue weighted by Gasteiger charge is -2.25. The molecule has 28 heavy (non-hydrogen) atoms. The first-order chi connectivity index (χ1) is 13.6. The maximum atomic E-state index is 13.5. The summed E-state index contributed by atoms with van der Waals surface area (Å²) in [6.07, 6.45) is 2.02. The predicted molar refractivity (Wildman–Crippen MR) is 113 cm³/mol. The number of nitrogens with zero attached hydrogens (tertiary/aromatic N) is 2. The summed E-state index contributed by atoms with van der Waals surface area (Å²) in [6, 6.07) is 14.5. The topological polar surface area (TPSA) is 34.5 Å². The molecule has 1 unspecified atom stereocenters. The van der Waals surface area contributed by atoms with Crippen LogP contribution in [0.5, 0.6) is 5.75 Å². The molecule has 4 nitrogen and oxygen atoms in total. The van der Waals surface area contributed by atoms with Crippen molar-refractivity contribution in [2.45, 2.75) is 39.3 Å². The molecule has 1 amide bonds. The van der Waals surface area contributed by atoms with Crippen LogP contribution in [0, 0.1) is 13.8 Å². The minimum Gasteiger partial charge on any atom is -0.497 e. The Morgan fingerprint density at radius 2 is 2.07 bits per heavy atom. The van der Waals surface area contributed by atoms with Gasteiger partial charge in [-0.3, -0.25) is 4.79 Å². The smallest absolute Gasteiger partial charge is 0.256 e. The molecule has 5 heteroatoms. The summed E-state index contributed by atoms with van der Waals surface area (Å²) in [6.45, 7) is 5.77. The predicted octanol–water partition coefficient (Wildman–Crippen LogP) is 5.20. The first-order valence-electron chi connectivity index (χ1n) is 9.72. The number of rotatable bonds is 5. The molecule has 0 aliphatic carbocycles. The third-order valence-corrected chi connectivity index (χ3v) is 6.55. The van der Waals surface area contributed by atoms with Crippen LogP contribution in [0.4, 0.5) is 0 Å². The third kappa shape index (κ3) is 3.47. The second-order valence-corrected chi connectivity index (χ2v) is 8.42. The normalized spacial score (nSPS) is 16.5. The summed E-state index contributed by atoms with van der Waals surface area (Å²) in [5, 5.41) is 2.10. The molecule has 0 spiro atoms. The van der Waals surface area contributed by atoms with E-state index in [0.717, 1.165) is 54.2 Å². The molecular formula is C23H26N2O2S. The van der Waals surface area contributed by atoms with Crippen molar-refractivity contribution in [2.24, 2.45) is 0 Å². The quantitative estimate of drug-likeness (QED) is 0.596. The summed E-state index contributed by atoms with van der Waals surface area (Å²) in [5.74, 6) is 0.974. The van der Waals surface area contributed by atoms with Crippen molar-refractivity contribution in [1.29, 1.82) is 0 Å². The average Bonchev–Trinajstić information content (AvgIpc) is 3.45.